The Hall–Kier alpha value is -1.56. The Labute approximate surface area is 155 Å². The van der Waals surface area contributed by atoms with Gasteiger partial charge in [0.2, 0.25) is 0 Å². The molecule has 0 aliphatic carbocycles. The van der Waals surface area contributed by atoms with Crippen LogP contribution in [0.25, 0.3) is 5.69 Å². The van der Waals surface area contributed by atoms with Crippen LogP contribution in [-0.2, 0) is 0 Å². The highest BCUT2D eigenvalue weighted by atomic mass is 35.5. The van der Waals surface area contributed by atoms with Crippen LogP contribution in [-0.4, -0.2) is 39.0 Å². The van der Waals surface area contributed by atoms with E-state index in [9.17, 15) is 4.79 Å². The second-order valence-corrected chi connectivity index (χ2v) is 5.94. The molecule has 1 fully saturated rings. The fourth-order valence-corrected chi connectivity index (χ4v) is 3.11. The SMILES string of the molecule is CC(N)C1CCCCN1C(=O)c1ccc(-n2ccnc2)cc1.Cl.Cl. The number of carbonyl (C=O) groups is 1. The van der Waals surface area contributed by atoms with Gasteiger partial charge in [-0.1, -0.05) is 0 Å². The highest BCUT2D eigenvalue weighted by Crippen LogP contribution is 2.22. The number of hydrogen-bond donors (Lipinski definition) is 1. The van der Waals surface area contributed by atoms with Gasteiger partial charge in [0.25, 0.3) is 5.91 Å². The van der Waals surface area contributed by atoms with E-state index in [1.54, 1.807) is 12.5 Å². The van der Waals surface area contributed by atoms with Crippen LogP contribution >= 0.6 is 24.8 Å². The van der Waals surface area contributed by atoms with Crippen LogP contribution in [0.4, 0.5) is 0 Å². The molecule has 3 rings (SSSR count). The third-order valence-corrected chi connectivity index (χ3v) is 4.33. The Kier molecular flexibility index (Phi) is 7.73. The maximum absolute atomic E-state index is 12.8. The number of aromatic nitrogens is 2. The average Bonchev–Trinajstić information content (AvgIpc) is 3.09. The summed E-state index contributed by atoms with van der Waals surface area (Å²) in [6.07, 6.45) is 8.56. The topological polar surface area (TPSA) is 64.2 Å². The van der Waals surface area contributed by atoms with Crippen LogP contribution in [0.2, 0.25) is 0 Å². The standard InChI is InChI=1S/C17H22N4O.2ClH/c1-13(18)16-4-2-3-10-21(16)17(22)14-5-7-15(8-6-14)20-11-9-19-12-20;;/h5-9,11-13,16H,2-4,10,18H2,1H3;2*1H. The second kappa shape index (κ2) is 9.06. The average molecular weight is 371 g/mol. The van der Waals surface area contributed by atoms with Crippen LogP contribution in [0, 0.1) is 0 Å². The number of piperidine rings is 1. The molecule has 1 aromatic carbocycles. The Bertz CT molecular complexity index is 629. The Morgan fingerprint density at radius 1 is 1.25 bits per heavy atom. The number of amides is 1. The number of benzene rings is 1. The summed E-state index contributed by atoms with van der Waals surface area (Å²) in [7, 11) is 0. The smallest absolute Gasteiger partial charge is 0.254 e. The molecule has 0 saturated carbocycles. The van der Waals surface area contributed by atoms with Crippen molar-refractivity contribution in [3.63, 3.8) is 0 Å². The van der Waals surface area contributed by atoms with Crippen molar-refractivity contribution in [3.8, 4) is 5.69 Å². The monoisotopic (exact) mass is 370 g/mol. The number of hydrogen-bond acceptors (Lipinski definition) is 3. The van der Waals surface area contributed by atoms with Gasteiger partial charge < -0.3 is 15.2 Å². The lowest BCUT2D eigenvalue weighted by molar-refractivity contribution is 0.0584. The zero-order valence-electron chi connectivity index (χ0n) is 13.7. The van der Waals surface area contributed by atoms with Crippen molar-refractivity contribution in [3.05, 3.63) is 48.5 Å². The number of halogens is 2. The van der Waals surface area contributed by atoms with Gasteiger partial charge in [-0.15, -0.1) is 24.8 Å². The van der Waals surface area contributed by atoms with E-state index in [0.29, 0.717) is 0 Å². The molecule has 7 heteroatoms. The number of nitrogens with zero attached hydrogens (tertiary/aromatic N) is 3. The largest absolute Gasteiger partial charge is 0.334 e. The van der Waals surface area contributed by atoms with E-state index in [-0.39, 0.29) is 42.8 Å². The fraction of sp³-hybridized carbons (Fsp3) is 0.412. The van der Waals surface area contributed by atoms with E-state index in [1.165, 1.54) is 0 Å². The Morgan fingerprint density at radius 2 is 1.96 bits per heavy atom. The highest BCUT2D eigenvalue weighted by molar-refractivity contribution is 5.94. The Balaban J connectivity index is 0.00000144. The maximum atomic E-state index is 12.8. The molecule has 2 heterocycles. The number of likely N-dealkylation sites (tertiary alicyclic amines) is 1. The van der Waals surface area contributed by atoms with E-state index < -0.39 is 0 Å². The predicted octanol–water partition coefficient (Wildman–Crippen LogP) is 3.06. The molecule has 5 nitrogen and oxygen atoms in total. The first-order chi connectivity index (χ1) is 10.7. The molecular weight excluding hydrogens is 347 g/mol. The van der Waals surface area contributed by atoms with Crippen molar-refractivity contribution in [2.45, 2.75) is 38.3 Å². The molecule has 0 radical (unpaired) electrons. The minimum Gasteiger partial charge on any atom is -0.334 e. The van der Waals surface area contributed by atoms with E-state index in [2.05, 4.69) is 4.98 Å². The lowest BCUT2D eigenvalue weighted by Gasteiger charge is -2.38. The fourth-order valence-electron chi connectivity index (χ4n) is 3.11. The van der Waals surface area contributed by atoms with E-state index >= 15 is 0 Å². The van der Waals surface area contributed by atoms with Crippen LogP contribution in [0.15, 0.2) is 43.0 Å². The first kappa shape index (κ1) is 20.5. The summed E-state index contributed by atoms with van der Waals surface area (Å²) in [5, 5.41) is 0. The van der Waals surface area contributed by atoms with E-state index in [1.807, 2.05) is 46.9 Å². The van der Waals surface area contributed by atoms with Crippen molar-refractivity contribution >= 4 is 30.7 Å². The molecule has 2 aromatic rings. The van der Waals surface area contributed by atoms with Gasteiger partial charge >= 0.3 is 0 Å². The molecule has 1 aliphatic rings. The number of rotatable bonds is 3. The zero-order valence-corrected chi connectivity index (χ0v) is 15.3. The van der Waals surface area contributed by atoms with Gasteiger partial charge in [0.1, 0.15) is 0 Å². The summed E-state index contributed by atoms with van der Waals surface area (Å²) >= 11 is 0. The minimum absolute atomic E-state index is 0. The minimum atomic E-state index is 0. The van der Waals surface area contributed by atoms with Gasteiger partial charge in [0.15, 0.2) is 0 Å². The molecular formula is C17H24Cl2N4O. The molecule has 0 spiro atoms. The molecule has 1 aromatic heterocycles. The van der Waals surface area contributed by atoms with Crippen molar-refractivity contribution in [1.82, 2.24) is 14.5 Å². The summed E-state index contributed by atoms with van der Waals surface area (Å²) < 4.78 is 1.92. The first-order valence-corrected chi connectivity index (χ1v) is 7.82. The molecule has 1 aliphatic heterocycles. The third kappa shape index (κ3) is 4.29. The van der Waals surface area contributed by atoms with Crippen LogP contribution < -0.4 is 5.73 Å². The van der Waals surface area contributed by atoms with Gasteiger partial charge in [-0.05, 0) is 50.5 Å². The second-order valence-electron chi connectivity index (χ2n) is 5.94. The Morgan fingerprint density at radius 3 is 2.54 bits per heavy atom. The zero-order chi connectivity index (χ0) is 15.5. The maximum Gasteiger partial charge on any atom is 0.254 e. The van der Waals surface area contributed by atoms with Gasteiger partial charge in [-0.2, -0.15) is 0 Å². The van der Waals surface area contributed by atoms with Crippen molar-refractivity contribution in [1.29, 1.82) is 0 Å². The molecule has 132 valence electrons. The van der Waals surface area contributed by atoms with Crippen molar-refractivity contribution in [2.75, 3.05) is 6.54 Å². The predicted molar refractivity (Wildman–Crippen MR) is 100 cm³/mol. The summed E-state index contributed by atoms with van der Waals surface area (Å²) in [5.74, 6) is 0.0826. The molecule has 1 saturated heterocycles. The van der Waals surface area contributed by atoms with Gasteiger partial charge in [0, 0.05) is 42.3 Å². The summed E-state index contributed by atoms with van der Waals surface area (Å²) in [5.41, 5.74) is 7.77. The van der Waals surface area contributed by atoms with Crippen LogP contribution in [0.3, 0.4) is 0 Å². The quantitative estimate of drug-likeness (QED) is 0.902. The van der Waals surface area contributed by atoms with Crippen LogP contribution in [0.5, 0.6) is 0 Å². The summed E-state index contributed by atoms with van der Waals surface area (Å²) in [4.78, 5) is 18.7. The van der Waals surface area contributed by atoms with Crippen LogP contribution in [0.1, 0.15) is 36.5 Å². The number of carbonyl (C=O) groups excluding carboxylic acids is 1. The number of imidazole rings is 1. The van der Waals surface area contributed by atoms with Crippen molar-refractivity contribution in [2.24, 2.45) is 5.73 Å². The lowest BCUT2D eigenvalue weighted by atomic mass is 9.96. The lowest BCUT2D eigenvalue weighted by Crippen LogP contribution is -2.51. The van der Waals surface area contributed by atoms with E-state index in [4.69, 9.17) is 5.73 Å². The van der Waals surface area contributed by atoms with Gasteiger partial charge in [0.05, 0.1) is 6.33 Å². The van der Waals surface area contributed by atoms with Crippen molar-refractivity contribution < 1.29 is 4.79 Å². The van der Waals surface area contributed by atoms with Gasteiger partial charge in [-0.3, -0.25) is 4.79 Å². The summed E-state index contributed by atoms with van der Waals surface area (Å²) in [6.45, 7) is 2.78. The molecule has 2 unspecified atom stereocenters. The number of nitrogens with two attached hydrogens (primary N) is 1. The molecule has 2 N–H and O–H groups in total. The van der Waals surface area contributed by atoms with E-state index in [0.717, 1.165) is 37.1 Å². The third-order valence-electron chi connectivity index (χ3n) is 4.33. The normalized spacial score (nSPS) is 18.2. The summed E-state index contributed by atoms with van der Waals surface area (Å²) in [6, 6.07) is 7.80. The van der Waals surface area contributed by atoms with Gasteiger partial charge in [-0.25, -0.2) is 4.98 Å². The first-order valence-electron chi connectivity index (χ1n) is 7.82. The molecule has 0 bridgehead atoms. The molecule has 2 atom stereocenters. The highest BCUT2D eigenvalue weighted by Gasteiger charge is 2.29. The molecule has 1 amide bonds. The molecule has 24 heavy (non-hydrogen) atoms.